The molecule has 1 rings (SSSR count). The van der Waals surface area contributed by atoms with Gasteiger partial charge < -0.3 is 5.73 Å². The zero-order valence-electron chi connectivity index (χ0n) is 19.6. The van der Waals surface area contributed by atoms with E-state index in [9.17, 15) is 0 Å². The van der Waals surface area contributed by atoms with E-state index in [1.54, 1.807) is 0 Å². The highest BCUT2D eigenvalue weighted by atomic mass is 32.1. The van der Waals surface area contributed by atoms with Gasteiger partial charge in [-0.3, -0.25) is 5.41 Å². The molecular weight excluding hydrogens is 360 g/mol. The molecule has 0 aliphatic heterocycles. The van der Waals surface area contributed by atoms with Crippen LogP contribution in [-0.4, -0.2) is 6.34 Å². The number of nitrogens with one attached hydrogen (secondary N) is 1. The van der Waals surface area contributed by atoms with Gasteiger partial charge in [-0.2, -0.15) is 0 Å². The van der Waals surface area contributed by atoms with Crippen molar-refractivity contribution in [2.24, 2.45) is 5.73 Å². The summed E-state index contributed by atoms with van der Waals surface area (Å²) in [4.78, 5) is 1.21. The zero-order chi connectivity index (χ0) is 22.6. The molecule has 0 aromatic rings. The van der Waals surface area contributed by atoms with Gasteiger partial charge in [0.15, 0.2) is 0 Å². The molecule has 3 heteroatoms. The molecule has 0 aromatic heterocycles. The molecule has 0 amide bonds. The van der Waals surface area contributed by atoms with Gasteiger partial charge in [0, 0.05) is 0 Å². The second-order valence-electron chi connectivity index (χ2n) is 5.48. The number of hydrogen-bond acceptors (Lipinski definition) is 2. The van der Waals surface area contributed by atoms with Gasteiger partial charge in [-0.25, -0.2) is 0 Å². The fraction of sp³-hybridized carbons (Fsp3) is 0.480. The number of hydrogen-bond donors (Lipinski definition) is 3. The van der Waals surface area contributed by atoms with Crippen LogP contribution in [0.2, 0.25) is 0 Å². The van der Waals surface area contributed by atoms with Gasteiger partial charge >= 0.3 is 0 Å². The first-order valence-corrected chi connectivity index (χ1v) is 10.6. The van der Waals surface area contributed by atoms with Crippen LogP contribution >= 0.6 is 12.6 Å². The average Bonchev–Trinajstić information content (AvgIpc) is 2.97. The Kier molecular flexibility index (Phi) is 39.7. The molecule has 0 atom stereocenters. The van der Waals surface area contributed by atoms with E-state index in [0.717, 1.165) is 19.2 Å². The van der Waals surface area contributed by atoms with Gasteiger partial charge in [0.25, 0.3) is 0 Å². The predicted octanol–water partition coefficient (Wildman–Crippen LogP) is 8.57. The monoisotopic (exact) mass is 406 g/mol. The van der Waals surface area contributed by atoms with E-state index in [0.29, 0.717) is 0 Å². The summed E-state index contributed by atoms with van der Waals surface area (Å²) in [6, 6.07) is 0. The van der Waals surface area contributed by atoms with E-state index < -0.39 is 0 Å². The largest absolute Gasteiger partial charge is 0.390 e. The van der Waals surface area contributed by atoms with E-state index in [1.807, 2.05) is 46.8 Å². The lowest BCUT2D eigenvalue weighted by Crippen LogP contribution is -1.81. The van der Waals surface area contributed by atoms with Crippen LogP contribution in [0.5, 0.6) is 0 Å². The van der Waals surface area contributed by atoms with Gasteiger partial charge in [0.05, 0.1) is 6.34 Å². The van der Waals surface area contributed by atoms with Crippen molar-refractivity contribution in [1.29, 1.82) is 5.41 Å². The Morgan fingerprint density at radius 1 is 1.07 bits per heavy atom. The zero-order valence-corrected chi connectivity index (χ0v) is 20.5. The summed E-state index contributed by atoms with van der Waals surface area (Å²) in [7, 11) is 0. The first-order valence-electron chi connectivity index (χ1n) is 10.2. The molecule has 0 aromatic carbocycles. The fourth-order valence-corrected chi connectivity index (χ4v) is 1.77. The van der Waals surface area contributed by atoms with Gasteiger partial charge in [-0.15, -0.1) is 12.6 Å². The Morgan fingerprint density at radius 3 is 2.04 bits per heavy atom. The van der Waals surface area contributed by atoms with Crippen LogP contribution in [0.3, 0.4) is 0 Å². The minimum atomic E-state index is 0.750. The van der Waals surface area contributed by atoms with Crippen LogP contribution in [0, 0.1) is 5.41 Å². The van der Waals surface area contributed by atoms with Crippen molar-refractivity contribution in [3.05, 3.63) is 70.7 Å². The number of allylic oxidation sites excluding steroid dienone is 12. The quantitative estimate of drug-likeness (QED) is 0.142. The molecule has 3 N–H and O–H groups in total. The van der Waals surface area contributed by atoms with Crippen LogP contribution < -0.4 is 5.73 Å². The number of thiol groups is 1. The van der Waals surface area contributed by atoms with E-state index in [2.05, 4.69) is 81.7 Å². The highest BCUT2D eigenvalue weighted by Crippen LogP contribution is 2.14. The Morgan fingerprint density at radius 2 is 1.61 bits per heavy atom. The highest BCUT2D eigenvalue weighted by molar-refractivity contribution is 7.84. The molecular formula is C25H46N2S. The summed E-state index contributed by atoms with van der Waals surface area (Å²) in [5.74, 6) is 0. The maximum absolute atomic E-state index is 5.86. The van der Waals surface area contributed by atoms with E-state index in [1.165, 1.54) is 28.9 Å². The molecule has 28 heavy (non-hydrogen) atoms. The third-order valence-electron chi connectivity index (χ3n) is 3.41. The minimum absolute atomic E-state index is 0.750. The van der Waals surface area contributed by atoms with Gasteiger partial charge in [0.1, 0.15) is 0 Å². The fourth-order valence-electron chi connectivity index (χ4n) is 1.53. The maximum atomic E-state index is 5.86. The molecule has 0 bridgehead atoms. The van der Waals surface area contributed by atoms with E-state index >= 15 is 0 Å². The molecule has 2 nitrogen and oxygen atoms in total. The number of rotatable bonds is 3. The molecule has 0 fully saturated rings. The third-order valence-corrected chi connectivity index (χ3v) is 3.79. The lowest BCUT2D eigenvalue weighted by atomic mass is 10.1. The normalized spacial score (nSPS) is 13.4. The van der Waals surface area contributed by atoms with Crippen molar-refractivity contribution < 1.29 is 0 Å². The second-order valence-corrected chi connectivity index (χ2v) is 6.05. The Bertz CT molecular complexity index is 489. The van der Waals surface area contributed by atoms with Crippen molar-refractivity contribution in [2.45, 2.75) is 81.1 Å². The molecule has 0 saturated heterocycles. The van der Waals surface area contributed by atoms with Crippen molar-refractivity contribution in [3.8, 4) is 0 Å². The minimum Gasteiger partial charge on any atom is -0.390 e. The Balaban J connectivity index is -0.000000148. The van der Waals surface area contributed by atoms with Crippen LogP contribution in [-0.2, 0) is 0 Å². The van der Waals surface area contributed by atoms with E-state index in [-0.39, 0.29) is 0 Å². The topological polar surface area (TPSA) is 49.9 Å². The molecule has 0 heterocycles. The maximum Gasteiger partial charge on any atom is 0.0765 e. The summed E-state index contributed by atoms with van der Waals surface area (Å²) >= 11 is 4.24. The van der Waals surface area contributed by atoms with E-state index in [4.69, 9.17) is 5.41 Å². The van der Waals surface area contributed by atoms with Crippen LogP contribution in [0.4, 0.5) is 0 Å². The Hall–Kier alpha value is -1.74. The molecule has 0 radical (unpaired) electrons. The lowest BCUT2D eigenvalue weighted by molar-refractivity contribution is 0.869. The Labute approximate surface area is 182 Å². The number of nitrogens with two attached hydrogens (primary N) is 1. The van der Waals surface area contributed by atoms with Crippen molar-refractivity contribution in [1.82, 2.24) is 0 Å². The summed E-state index contributed by atoms with van der Waals surface area (Å²) < 4.78 is 0. The second kappa shape index (κ2) is 32.9. The van der Waals surface area contributed by atoms with Gasteiger partial charge in [-0.05, 0) is 72.1 Å². The van der Waals surface area contributed by atoms with Gasteiger partial charge in [0.2, 0.25) is 0 Å². The van der Waals surface area contributed by atoms with Crippen LogP contribution in [0.15, 0.2) is 70.7 Å². The SMILES string of the molecule is C/C=C(C)\C(C)=C\C/C=C/C.C/C=C/C.CC.N=CN.SC1=CC=CCCC1. The highest BCUT2D eigenvalue weighted by Gasteiger charge is 1.91. The molecule has 0 spiro atoms. The van der Waals surface area contributed by atoms with Crippen LogP contribution in [0.1, 0.15) is 81.1 Å². The molecule has 1 aliphatic carbocycles. The first kappa shape index (κ1) is 33.8. The molecule has 1 aliphatic rings. The third kappa shape index (κ3) is 35.4. The van der Waals surface area contributed by atoms with Crippen molar-refractivity contribution in [2.75, 3.05) is 0 Å². The lowest BCUT2D eigenvalue weighted by Gasteiger charge is -1.97. The van der Waals surface area contributed by atoms with Gasteiger partial charge in [-0.1, -0.05) is 79.7 Å². The van der Waals surface area contributed by atoms with Crippen molar-refractivity contribution in [3.63, 3.8) is 0 Å². The molecule has 162 valence electrons. The molecule has 0 unspecified atom stereocenters. The predicted molar refractivity (Wildman–Crippen MR) is 137 cm³/mol. The first-order chi connectivity index (χ1) is 13.4. The van der Waals surface area contributed by atoms with Crippen LogP contribution in [0.25, 0.3) is 0 Å². The summed E-state index contributed by atoms with van der Waals surface area (Å²) in [5, 5.41) is 5.86. The van der Waals surface area contributed by atoms with Crippen molar-refractivity contribution >= 4 is 19.0 Å². The summed E-state index contributed by atoms with van der Waals surface area (Å²) in [6.45, 7) is 16.4. The smallest absolute Gasteiger partial charge is 0.0765 e. The summed E-state index contributed by atoms with van der Waals surface area (Å²) in [6.07, 6.45) is 24.4. The summed E-state index contributed by atoms with van der Waals surface area (Å²) in [5.41, 5.74) is 7.14. The average molecular weight is 407 g/mol. The standard InChI is InChI=1S/C11H18.C7H10S.C4H8.C2H6.CH4N2/c1-5-7-8-9-11(4)10(3)6-2;8-7-5-3-1-2-4-6-7;1-3-4-2;1-2;2-1-3/h5-7,9H,8H2,1-4H3;1,3,5,8H,2,4,6H2;3-4H,1-2H3;1-2H3;1H,(H3,2,3)/b7-5+,10-6-,11-9+;;4-3+;;. The molecule has 0 saturated carbocycles.